The van der Waals surface area contributed by atoms with Crippen LogP contribution in [0.4, 0.5) is 5.69 Å². The topological polar surface area (TPSA) is 55.1 Å². The highest BCUT2D eigenvalue weighted by Gasteiger charge is 2.10. The quantitative estimate of drug-likeness (QED) is 0.872. The lowest BCUT2D eigenvalue weighted by atomic mass is 10.1. The third kappa shape index (κ3) is 5.06. The number of rotatable bonds is 5. The number of carbonyl (C=O) groups excluding carboxylic acids is 1. The SMILES string of the molecule is CCCC(N)CC(=O)Nc1cc(Br)ccc1Cl. The van der Waals surface area contributed by atoms with Gasteiger partial charge >= 0.3 is 0 Å². The van der Waals surface area contributed by atoms with Crippen molar-refractivity contribution in [1.29, 1.82) is 0 Å². The van der Waals surface area contributed by atoms with Gasteiger partial charge in [0.05, 0.1) is 10.7 Å². The zero-order valence-corrected chi connectivity index (χ0v) is 12.0. The lowest BCUT2D eigenvalue weighted by molar-refractivity contribution is -0.116. The molecule has 3 nitrogen and oxygen atoms in total. The molecule has 3 N–H and O–H groups in total. The first-order valence-corrected chi connectivity index (χ1v) is 6.70. The second-order valence-corrected chi connectivity index (χ2v) is 5.25. The van der Waals surface area contributed by atoms with Gasteiger partial charge in [0.25, 0.3) is 0 Å². The van der Waals surface area contributed by atoms with Crippen LogP contribution in [0.2, 0.25) is 5.02 Å². The van der Waals surface area contributed by atoms with E-state index >= 15 is 0 Å². The minimum absolute atomic E-state index is 0.0917. The van der Waals surface area contributed by atoms with Crippen LogP contribution in [0, 0.1) is 0 Å². The maximum atomic E-state index is 11.7. The highest BCUT2D eigenvalue weighted by Crippen LogP contribution is 2.25. The van der Waals surface area contributed by atoms with Crippen molar-refractivity contribution in [2.75, 3.05) is 5.32 Å². The van der Waals surface area contributed by atoms with E-state index in [-0.39, 0.29) is 11.9 Å². The number of carbonyl (C=O) groups is 1. The number of nitrogens with two attached hydrogens (primary N) is 1. The van der Waals surface area contributed by atoms with Gasteiger partial charge in [0, 0.05) is 16.9 Å². The van der Waals surface area contributed by atoms with E-state index in [1.807, 2.05) is 13.0 Å². The van der Waals surface area contributed by atoms with Gasteiger partial charge < -0.3 is 11.1 Å². The monoisotopic (exact) mass is 318 g/mol. The van der Waals surface area contributed by atoms with Crippen LogP contribution < -0.4 is 11.1 Å². The lowest BCUT2D eigenvalue weighted by Crippen LogP contribution is -2.26. The summed E-state index contributed by atoms with van der Waals surface area (Å²) in [4.78, 5) is 11.7. The van der Waals surface area contributed by atoms with Crippen LogP contribution in [-0.2, 0) is 4.79 Å². The van der Waals surface area contributed by atoms with Gasteiger partial charge in [-0.1, -0.05) is 40.9 Å². The van der Waals surface area contributed by atoms with E-state index in [2.05, 4.69) is 21.2 Å². The molecule has 0 spiro atoms. The normalized spacial score (nSPS) is 12.2. The summed E-state index contributed by atoms with van der Waals surface area (Å²) in [5.74, 6) is -0.106. The Morgan fingerprint density at radius 1 is 1.59 bits per heavy atom. The number of hydrogen-bond donors (Lipinski definition) is 2. The molecule has 1 aromatic rings. The summed E-state index contributed by atoms with van der Waals surface area (Å²) in [6.45, 7) is 2.04. The molecule has 1 aromatic carbocycles. The maximum absolute atomic E-state index is 11.7. The fourth-order valence-electron chi connectivity index (χ4n) is 1.51. The van der Waals surface area contributed by atoms with E-state index in [4.69, 9.17) is 17.3 Å². The van der Waals surface area contributed by atoms with Crippen molar-refractivity contribution in [2.45, 2.75) is 32.2 Å². The first kappa shape index (κ1) is 14.5. The number of anilines is 1. The van der Waals surface area contributed by atoms with Crippen molar-refractivity contribution >= 4 is 39.1 Å². The molecule has 1 atom stereocenters. The Morgan fingerprint density at radius 2 is 2.29 bits per heavy atom. The predicted molar refractivity (Wildman–Crippen MR) is 75.3 cm³/mol. The van der Waals surface area contributed by atoms with Gasteiger partial charge in [-0.15, -0.1) is 0 Å². The Bertz CT molecular complexity index is 398. The van der Waals surface area contributed by atoms with Crippen LogP contribution in [-0.4, -0.2) is 11.9 Å². The van der Waals surface area contributed by atoms with Gasteiger partial charge in [-0.3, -0.25) is 4.79 Å². The highest BCUT2D eigenvalue weighted by atomic mass is 79.9. The molecule has 5 heteroatoms. The smallest absolute Gasteiger partial charge is 0.225 e. The number of benzene rings is 1. The van der Waals surface area contributed by atoms with Crippen LogP contribution in [0.25, 0.3) is 0 Å². The molecule has 0 fully saturated rings. The van der Waals surface area contributed by atoms with Gasteiger partial charge in [-0.05, 0) is 24.6 Å². The van der Waals surface area contributed by atoms with Crippen LogP contribution in [0.15, 0.2) is 22.7 Å². The van der Waals surface area contributed by atoms with E-state index < -0.39 is 0 Å². The summed E-state index contributed by atoms with van der Waals surface area (Å²) >= 11 is 9.30. The van der Waals surface area contributed by atoms with Gasteiger partial charge in [-0.25, -0.2) is 0 Å². The van der Waals surface area contributed by atoms with Crippen LogP contribution >= 0.6 is 27.5 Å². The highest BCUT2D eigenvalue weighted by molar-refractivity contribution is 9.10. The third-order valence-electron chi connectivity index (χ3n) is 2.31. The fourth-order valence-corrected chi connectivity index (χ4v) is 2.03. The van der Waals surface area contributed by atoms with Crippen molar-refractivity contribution in [2.24, 2.45) is 5.73 Å². The Morgan fingerprint density at radius 3 is 2.94 bits per heavy atom. The maximum Gasteiger partial charge on any atom is 0.225 e. The first-order valence-electron chi connectivity index (χ1n) is 5.53. The Hall–Kier alpha value is -0.580. The van der Waals surface area contributed by atoms with Crippen LogP contribution in [0.3, 0.4) is 0 Å². The molecular weight excluding hydrogens is 304 g/mol. The second kappa shape index (κ2) is 6.99. The van der Waals surface area contributed by atoms with Gasteiger partial charge in [0.1, 0.15) is 0 Å². The lowest BCUT2D eigenvalue weighted by Gasteiger charge is -2.11. The number of nitrogens with one attached hydrogen (secondary N) is 1. The molecule has 1 rings (SSSR count). The van der Waals surface area contributed by atoms with E-state index in [1.165, 1.54) is 0 Å². The van der Waals surface area contributed by atoms with Crippen LogP contribution in [0.1, 0.15) is 26.2 Å². The summed E-state index contributed by atoms with van der Waals surface area (Å²) in [6, 6.07) is 5.23. The first-order chi connectivity index (χ1) is 8.02. The molecule has 1 amide bonds. The van der Waals surface area contributed by atoms with E-state index in [0.717, 1.165) is 17.3 Å². The zero-order valence-electron chi connectivity index (χ0n) is 9.67. The fraction of sp³-hybridized carbons (Fsp3) is 0.417. The van der Waals surface area contributed by atoms with Crippen molar-refractivity contribution in [3.8, 4) is 0 Å². The molecule has 0 saturated carbocycles. The van der Waals surface area contributed by atoms with E-state index in [0.29, 0.717) is 17.1 Å². The summed E-state index contributed by atoms with van der Waals surface area (Å²) in [5.41, 5.74) is 6.41. The molecule has 0 saturated heterocycles. The molecule has 0 radical (unpaired) electrons. The Balaban J connectivity index is 2.58. The molecule has 0 aliphatic rings. The number of amides is 1. The summed E-state index contributed by atoms with van der Waals surface area (Å²) < 4.78 is 0.870. The standard InChI is InChI=1S/C12H16BrClN2O/c1-2-3-9(15)7-12(17)16-11-6-8(13)4-5-10(11)14/h4-6,9H,2-3,7,15H2,1H3,(H,16,17). The van der Waals surface area contributed by atoms with Gasteiger partial charge in [0.15, 0.2) is 0 Å². The molecule has 0 aliphatic heterocycles. The minimum Gasteiger partial charge on any atom is -0.327 e. The second-order valence-electron chi connectivity index (χ2n) is 3.93. The molecular formula is C12H16BrClN2O. The van der Waals surface area contributed by atoms with Crippen molar-refractivity contribution in [3.63, 3.8) is 0 Å². The van der Waals surface area contributed by atoms with Crippen molar-refractivity contribution in [3.05, 3.63) is 27.7 Å². The van der Waals surface area contributed by atoms with E-state index in [1.54, 1.807) is 12.1 Å². The molecule has 0 heterocycles. The largest absolute Gasteiger partial charge is 0.327 e. The number of halogens is 2. The minimum atomic E-state index is -0.106. The molecule has 94 valence electrons. The number of hydrogen-bond acceptors (Lipinski definition) is 2. The summed E-state index contributed by atoms with van der Waals surface area (Å²) in [6.07, 6.45) is 2.14. The Labute approximate surface area is 115 Å². The third-order valence-corrected chi connectivity index (χ3v) is 3.13. The molecule has 0 aromatic heterocycles. The van der Waals surface area contributed by atoms with Gasteiger partial charge in [0.2, 0.25) is 5.91 Å². The molecule has 0 bridgehead atoms. The van der Waals surface area contributed by atoms with Crippen molar-refractivity contribution < 1.29 is 4.79 Å². The van der Waals surface area contributed by atoms with Gasteiger partial charge in [-0.2, -0.15) is 0 Å². The predicted octanol–water partition coefficient (Wildman–Crippen LogP) is 3.56. The molecule has 0 aliphatic carbocycles. The summed E-state index contributed by atoms with van der Waals surface area (Å²) in [7, 11) is 0. The van der Waals surface area contributed by atoms with Crippen molar-refractivity contribution in [1.82, 2.24) is 0 Å². The summed E-state index contributed by atoms with van der Waals surface area (Å²) in [5, 5.41) is 3.28. The molecule has 17 heavy (non-hydrogen) atoms. The van der Waals surface area contributed by atoms with E-state index in [9.17, 15) is 4.79 Å². The van der Waals surface area contributed by atoms with Crippen LogP contribution in [0.5, 0.6) is 0 Å². The zero-order chi connectivity index (χ0) is 12.8. The Kier molecular flexibility index (Phi) is 5.95. The average molecular weight is 320 g/mol. The average Bonchev–Trinajstić information content (AvgIpc) is 2.23. The molecule has 1 unspecified atom stereocenters.